The molecule has 0 atom stereocenters. The van der Waals surface area contributed by atoms with Gasteiger partial charge in [0.1, 0.15) is 17.2 Å². The quantitative estimate of drug-likeness (QED) is 0.774. The van der Waals surface area contributed by atoms with Gasteiger partial charge in [0.15, 0.2) is 0 Å². The third-order valence-corrected chi connectivity index (χ3v) is 5.49. The molecule has 166 valence electrons. The number of hydrogen-bond acceptors (Lipinski definition) is 6. The zero-order chi connectivity index (χ0) is 21.9. The number of piperidine rings is 1. The van der Waals surface area contributed by atoms with Crippen LogP contribution in [0.15, 0.2) is 6.20 Å². The predicted molar refractivity (Wildman–Crippen MR) is 111 cm³/mol. The predicted octanol–water partition coefficient (Wildman–Crippen LogP) is 3.28. The average Bonchev–Trinajstić information content (AvgIpc) is 2.70. The van der Waals surface area contributed by atoms with Gasteiger partial charge in [-0.1, -0.05) is 0 Å². The first-order valence-electron chi connectivity index (χ1n) is 10.5. The van der Waals surface area contributed by atoms with Gasteiger partial charge in [-0.25, -0.2) is 14.2 Å². The van der Waals surface area contributed by atoms with E-state index in [1.54, 1.807) is 4.90 Å². The Morgan fingerprint density at radius 3 is 2.47 bits per heavy atom. The fourth-order valence-corrected chi connectivity index (χ4v) is 3.91. The lowest BCUT2D eigenvalue weighted by Crippen LogP contribution is -2.41. The molecule has 3 heterocycles. The van der Waals surface area contributed by atoms with E-state index in [0.717, 1.165) is 6.20 Å². The van der Waals surface area contributed by atoms with Crippen LogP contribution >= 0.6 is 0 Å². The number of amides is 2. The molecule has 2 fully saturated rings. The molecule has 9 heteroatoms. The molecular weight excluding hydrogens is 391 g/mol. The van der Waals surface area contributed by atoms with Gasteiger partial charge in [-0.2, -0.15) is 0 Å². The topological polar surface area (TPSA) is 107 Å². The molecule has 1 aromatic rings. The number of anilines is 2. The molecule has 2 amide bonds. The third kappa shape index (κ3) is 5.38. The summed E-state index contributed by atoms with van der Waals surface area (Å²) < 4.78 is 25.5. The summed E-state index contributed by atoms with van der Waals surface area (Å²) in [6, 6.07) is 0. The summed E-state index contributed by atoms with van der Waals surface area (Å²) >= 11 is 0. The first-order valence-corrected chi connectivity index (χ1v) is 10.5. The Labute approximate surface area is 176 Å². The summed E-state index contributed by atoms with van der Waals surface area (Å²) in [7, 11) is 0. The number of aromatic nitrogens is 1. The van der Waals surface area contributed by atoms with Gasteiger partial charge in [-0.05, 0) is 52.4 Å². The van der Waals surface area contributed by atoms with Crippen LogP contribution in [0, 0.1) is 11.7 Å². The van der Waals surface area contributed by atoms with Crippen LogP contribution < -0.4 is 11.1 Å². The highest BCUT2D eigenvalue weighted by molar-refractivity contribution is 5.96. The number of ether oxygens (including phenoxy) is 2. The van der Waals surface area contributed by atoms with Gasteiger partial charge in [0.2, 0.25) is 5.91 Å². The minimum absolute atomic E-state index is 0.0985. The standard InChI is InChI=1S/C21H31FN4O4/c1-21(2,3)30-20(28)26-8-4-13(5-9-26)16-15(22)12-24-18(23)17(16)25-19(27)14-6-10-29-11-7-14/h12-14H,4-11H2,1-3H3,(H2,23,24)(H,25,27). The van der Waals surface area contributed by atoms with Crippen molar-refractivity contribution >= 4 is 23.5 Å². The average molecular weight is 423 g/mol. The van der Waals surface area contributed by atoms with Crippen LogP contribution in [-0.2, 0) is 14.3 Å². The van der Waals surface area contributed by atoms with Gasteiger partial charge in [-0.3, -0.25) is 4.79 Å². The Morgan fingerprint density at radius 1 is 1.23 bits per heavy atom. The molecule has 0 saturated carbocycles. The molecule has 8 nitrogen and oxygen atoms in total. The van der Waals surface area contributed by atoms with E-state index in [-0.39, 0.29) is 35.3 Å². The van der Waals surface area contributed by atoms with Gasteiger partial charge in [-0.15, -0.1) is 0 Å². The minimum Gasteiger partial charge on any atom is -0.444 e. The summed E-state index contributed by atoms with van der Waals surface area (Å²) in [5.41, 5.74) is 6.07. The molecule has 2 aliphatic heterocycles. The molecule has 30 heavy (non-hydrogen) atoms. The van der Waals surface area contributed by atoms with Crippen molar-refractivity contribution in [2.75, 3.05) is 37.4 Å². The van der Waals surface area contributed by atoms with Gasteiger partial charge in [0.05, 0.1) is 11.9 Å². The Hall–Kier alpha value is -2.42. The summed E-state index contributed by atoms with van der Waals surface area (Å²) in [6.07, 6.45) is 3.05. The molecule has 3 N–H and O–H groups in total. The molecule has 2 aliphatic rings. The van der Waals surface area contributed by atoms with Gasteiger partial charge in [0.25, 0.3) is 0 Å². The largest absolute Gasteiger partial charge is 0.444 e. The van der Waals surface area contributed by atoms with Gasteiger partial charge >= 0.3 is 6.09 Å². The summed E-state index contributed by atoms with van der Waals surface area (Å²) in [5, 5.41) is 2.82. The maximum atomic E-state index is 14.8. The second kappa shape index (κ2) is 9.16. The number of halogens is 1. The zero-order valence-electron chi connectivity index (χ0n) is 17.9. The first kappa shape index (κ1) is 22.3. The number of likely N-dealkylation sites (tertiary alicyclic amines) is 1. The molecular formula is C21H31FN4O4. The lowest BCUT2D eigenvalue weighted by molar-refractivity contribution is -0.122. The SMILES string of the molecule is CC(C)(C)OC(=O)N1CCC(c2c(F)cnc(N)c2NC(=O)C2CCOCC2)CC1. The number of pyridine rings is 1. The number of hydrogen-bond donors (Lipinski definition) is 2. The maximum absolute atomic E-state index is 14.8. The highest BCUT2D eigenvalue weighted by Gasteiger charge is 2.32. The normalized spacial score (nSPS) is 18.9. The number of nitrogens with two attached hydrogens (primary N) is 1. The second-order valence-electron chi connectivity index (χ2n) is 8.90. The zero-order valence-corrected chi connectivity index (χ0v) is 17.9. The Kier molecular flexibility index (Phi) is 6.80. The van der Waals surface area contributed by atoms with E-state index in [1.165, 1.54) is 0 Å². The van der Waals surface area contributed by atoms with E-state index in [1.807, 2.05) is 20.8 Å². The van der Waals surface area contributed by atoms with Crippen molar-refractivity contribution in [3.63, 3.8) is 0 Å². The fraction of sp³-hybridized carbons (Fsp3) is 0.667. The highest BCUT2D eigenvalue weighted by atomic mass is 19.1. The number of rotatable bonds is 3. The van der Waals surface area contributed by atoms with Crippen LogP contribution in [0.4, 0.5) is 20.7 Å². The van der Waals surface area contributed by atoms with Crippen LogP contribution in [0.2, 0.25) is 0 Å². The Bertz CT molecular complexity index is 782. The van der Waals surface area contributed by atoms with Crippen molar-refractivity contribution in [1.82, 2.24) is 9.88 Å². The van der Waals surface area contributed by atoms with E-state index in [4.69, 9.17) is 15.2 Å². The Morgan fingerprint density at radius 2 is 1.87 bits per heavy atom. The van der Waals surface area contributed by atoms with Crippen molar-refractivity contribution in [2.45, 2.75) is 58.0 Å². The monoisotopic (exact) mass is 422 g/mol. The van der Waals surface area contributed by atoms with Crippen LogP contribution in [0.25, 0.3) is 0 Å². The van der Waals surface area contributed by atoms with Crippen LogP contribution in [0.5, 0.6) is 0 Å². The number of carbonyl (C=O) groups is 2. The molecule has 3 rings (SSSR count). The number of carbonyl (C=O) groups excluding carboxylic acids is 2. The number of nitrogen functional groups attached to an aromatic ring is 1. The van der Waals surface area contributed by atoms with Crippen LogP contribution in [0.3, 0.4) is 0 Å². The van der Waals surface area contributed by atoms with Crippen LogP contribution in [-0.4, -0.2) is 53.8 Å². The Balaban J connectivity index is 1.72. The third-order valence-electron chi connectivity index (χ3n) is 5.49. The first-order chi connectivity index (χ1) is 14.2. The van der Waals surface area contributed by atoms with Gasteiger partial charge < -0.3 is 25.4 Å². The fourth-order valence-electron chi connectivity index (χ4n) is 3.91. The van der Waals surface area contributed by atoms with Gasteiger partial charge in [0, 0.05) is 37.8 Å². The maximum Gasteiger partial charge on any atom is 0.410 e. The van der Waals surface area contributed by atoms with Crippen molar-refractivity contribution in [2.24, 2.45) is 5.92 Å². The van der Waals surface area contributed by atoms with Crippen LogP contribution in [0.1, 0.15) is 57.9 Å². The van der Waals surface area contributed by atoms with E-state index >= 15 is 0 Å². The van der Waals surface area contributed by atoms with Crippen molar-refractivity contribution in [3.05, 3.63) is 17.6 Å². The van der Waals surface area contributed by atoms with E-state index in [0.29, 0.717) is 57.6 Å². The molecule has 0 aliphatic carbocycles. The summed E-state index contributed by atoms with van der Waals surface area (Å²) in [6.45, 7) is 7.40. The molecule has 0 radical (unpaired) electrons. The second-order valence-corrected chi connectivity index (χ2v) is 8.90. The van der Waals surface area contributed by atoms with E-state index < -0.39 is 11.4 Å². The number of nitrogens with one attached hydrogen (secondary N) is 1. The lowest BCUT2D eigenvalue weighted by atomic mass is 9.88. The molecule has 0 aromatic carbocycles. The minimum atomic E-state index is -0.568. The van der Waals surface area contributed by atoms with Crippen molar-refractivity contribution in [1.29, 1.82) is 0 Å². The van der Waals surface area contributed by atoms with Crippen molar-refractivity contribution in [3.8, 4) is 0 Å². The van der Waals surface area contributed by atoms with E-state index in [2.05, 4.69) is 10.3 Å². The molecule has 2 saturated heterocycles. The van der Waals surface area contributed by atoms with Crippen molar-refractivity contribution < 1.29 is 23.5 Å². The number of nitrogens with zero attached hydrogens (tertiary/aromatic N) is 2. The summed E-state index contributed by atoms with van der Waals surface area (Å²) in [4.78, 5) is 30.5. The lowest BCUT2D eigenvalue weighted by Gasteiger charge is -2.34. The molecule has 0 spiro atoms. The highest BCUT2D eigenvalue weighted by Crippen LogP contribution is 2.37. The smallest absolute Gasteiger partial charge is 0.410 e. The molecule has 1 aromatic heterocycles. The van der Waals surface area contributed by atoms with E-state index in [9.17, 15) is 14.0 Å². The summed E-state index contributed by atoms with van der Waals surface area (Å²) in [5.74, 6) is -0.962. The molecule has 0 unspecified atom stereocenters. The molecule has 0 bridgehead atoms.